The van der Waals surface area contributed by atoms with Crippen LogP contribution in [0.25, 0.3) is 5.52 Å². The van der Waals surface area contributed by atoms with E-state index in [4.69, 9.17) is 19.8 Å². The van der Waals surface area contributed by atoms with Crippen LogP contribution in [0.5, 0.6) is 0 Å². The Morgan fingerprint density at radius 2 is 2.18 bits per heavy atom. The Bertz CT molecular complexity index is 1010. The molecule has 0 unspecified atom stereocenters. The predicted molar refractivity (Wildman–Crippen MR) is 108 cm³/mol. The Morgan fingerprint density at radius 3 is 2.93 bits per heavy atom. The molecular formula is C19H26ClN7O. The average molecular weight is 404 g/mol. The Hall–Kier alpha value is -2.19. The van der Waals surface area contributed by atoms with Crippen molar-refractivity contribution in [2.24, 2.45) is 7.05 Å². The van der Waals surface area contributed by atoms with Crippen molar-refractivity contribution < 1.29 is 4.74 Å². The number of nitrogens with zero attached hydrogens (tertiary/aromatic N) is 7. The molecule has 0 bridgehead atoms. The lowest BCUT2D eigenvalue weighted by Crippen LogP contribution is -2.32. The Labute approximate surface area is 170 Å². The molecule has 1 fully saturated rings. The third kappa shape index (κ3) is 2.86. The van der Waals surface area contributed by atoms with Crippen molar-refractivity contribution in [2.45, 2.75) is 45.6 Å². The molecule has 8 nitrogen and oxygen atoms in total. The van der Waals surface area contributed by atoms with Crippen LogP contribution in [0.2, 0.25) is 0 Å². The second kappa shape index (κ2) is 7.33. The van der Waals surface area contributed by atoms with Crippen LogP contribution in [0.4, 0.5) is 5.82 Å². The van der Waals surface area contributed by atoms with Crippen LogP contribution in [0.1, 0.15) is 47.7 Å². The maximum atomic E-state index is 5.62. The molecule has 28 heavy (non-hydrogen) atoms. The molecule has 2 aliphatic rings. The predicted octanol–water partition coefficient (Wildman–Crippen LogP) is 2.22. The fourth-order valence-electron chi connectivity index (χ4n) is 4.54. The van der Waals surface area contributed by atoms with E-state index in [1.807, 2.05) is 23.2 Å². The number of rotatable bonds is 3. The third-order valence-electron chi connectivity index (χ3n) is 5.88. The highest BCUT2D eigenvalue weighted by molar-refractivity contribution is 5.85. The van der Waals surface area contributed by atoms with Gasteiger partial charge in [-0.1, -0.05) is 6.92 Å². The molecule has 150 valence electrons. The highest BCUT2D eigenvalue weighted by Crippen LogP contribution is 2.34. The van der Waals surface area contributed by atoms with Gasteiger partial charge in [0.05, 0.1) is 18.0 Å². The third-order valence-corrected chi connectivity index (χ3v) is 5.88. The summed E-state index contributed by atoms with van der Waals surface area (Å²) < 4.78 is 9.60. The number of halogens is 1. The van der Waals surface area contributed by atoms with Gasteiger partial charge in [0.2, 0.25) is 0 Å². The molecule has 0 spiro atoms. The summed E-state index contributed by atoms with van der Waals surface area (Å²) in [6.45, 7) is 7.47. The maximum absolute atomic E-state index is 5.62. The van der Waals surface area contributed by atoms with E-state index in [0.717, 1.165) is 68.4 Å². The number of ether oxygens (including phenoxy) is 1. The van der Waals surface area contributed by atoms with Crippen molar-refractivity contribution in [3.05, 3.63) is 34.8 Å². The molecule has 3 aromatic heterocycles. The minimum absolute atomic E-state index is 0. The zero-order chi connectivity index (χ0) is 18.5. The van der Waals surface area contributed by atoms with Crippen LogP contribution in [0, 0.1) is 6.92 Å². The number of hydrogen-bond acceptors (Lipinski definition) is 6. The van der Waals surface area contributed by atoms with Gasteiger partial charge in [0.15, 0.2) is 5.82 Å². The van der Waals surface area contributed by atoms with E-state index < -0.39 is 0 Å². The molecule has 0 radical (unpaired) electrons. The fourth-order valence-corrected chi connectivity index (χ4v) is 4.54. The van der Waals surface area contributed by atoms with E-state index >= 15 is 0 Å². The molecule has 5 heterocycles. The summed E-state index contributed by atoms with van der Waals surface area (Å²) in [6.07, 6.45) is 4.58. The molecule has 0 aliphatic carbocycles. The molecule has 0 amide bonds. The van der Waals surface area contributed by atoms with E-state index in [9.17, 15) is 0 Å². The molecule has 0 aromatic carbocycles. The Kier molecular flexibility index (Phi) is 5.01. The standard InChI is InChI=1S/C19H25N7O.ClH/c1-4-16-14-9-25(7-5-15(14)23-24(16)3)19-18-17(13-6-8-27-10-13)22-12(2)26(18)21-11-20-19;/h11,13H,4-10H2,1-3H3;1H/t13-;/m1./s1. The van der Waals surface area contributed by atoms with Gasteiger partial charge in [-0.05, 0) is 19.8 Å². The van der Waals surface area contributed by atoms with Crippen LogP contribution in [-0.2, 0) is 31.2 Å². The largest absolute Gasteiger partial charge is 0.381 e. The number of hydrogen-bond donors (Lipinski definition) is 0. The highest BCUT2D eigenvalue weighted by Gasteiger charge is 2.30. The minimum atomic E-state index is 0. The lowest BCUT2D eigenvalue weighted by molar-refractivity contribution is 0.193. The highest BCUT2D eigenvalue weighted by atomic mass is 35.5. The molecule has 9 heteroatoms. The lowest BCUT2D eigenvalue weighted by atomic mass is 10.0. The second-order valence-corrected chi connectivity index (χ2v) is 7.47. The summed E-state index contributed by atoms with van der Waals surface area (Å²) in [5.41, 5.74) is 6.01. The van der Waals surface area contributed by atoms with Gasteiger partial charge in [0, 0.05) is 50.3 Å². The SMILES string of the molecule is CCc1c2c(nn1C)CCN(c1ncnn3c(C)nc([C@@H]4CCOC4)c13)C2.Cl. The summed E-state index contributed by atoms with van der Waals surface area (Å²) in [5.74, 6) is 2.20. The van der Waals surface area contributed by atoms with Gasteiger partial charge in [0.25, 0.3) is 0 Å². The summed E-state index contributed by atoms with van der Waals surface area (Å²) in [6, 6.07) is 0. The summed E-state index contributed by atoms with van der Waals surface area (Å²) >= 11 is 0. The van der Waals surface area contributed by atoms with Gasteiger partial charge >= 0.3 is 0 Å². The van der Waals surface area contributed by atoms with Gasteiger partial charge in [-0.15, -0.1) is 12.4 Å². The van der Waals surface area contributed by atoms with Gasteiger partial charge in [0.1, 0.15) is 17.7 Å². The molecule has 0 N–H and O–H groups in total. The van der Waals surface area contributed by atoms with Crippen LogP contribution in [0.3, 0.4) is 0 Å². The smallest absolute Gasteiger partial charge is 0.158 e. The Balaban J connectivity index is 0.00000192. The second-order valence-electron chi connectivity index (χ2n) is 7.47. The first-order valence-electron chi connectivity index (χ1n) is 9.74. The molecular weight excluding hydrogens is 378 g/mol. The average Bonchev–Trinajstić information content (AvgIpc) is 3.38. The van der Waals surface area contributed by atoms with E-state index in [0.29, 0.717) is 5.92 Å². The number of imidazole rings is 1. The molecule has 2 aliphatic heterocycles. The lowest BCUT2D eigenvalue weighted by Gasteiger charge is -2.28. The first kappa shape index (κ1) is 19.1. The summed E-state index contributed by atoms with van der Waals surface area (Å²) in [4.78, 5) is 11.9. The minimum Gasteiger partial charge on any atom is -0.381 e. The molecule has 5 rings (SSSR count). The summed E-state index contributed by atoms with van der Waals surface area (Å²) in [7, 11) is 2.04. The zero-order valence-corrected chi connectivity index (χ0v) is 17.4. The van der Waals surface area contributed by atoms with E-state index in [-0.39, 0.29) is 12.4 Å². The number of aryl methyl sites for hydroxylation is 2. The maximum Gasteiger partial charge on any atom is 0.158 e. The molecule has 0 saturated carbocycles. The van der Waals surface area contributed by atoms with E-state index in [1.165, 1.54) is 17.0 Å². The Morgan fingerprint density at radius 1 is 1.32 bits per heavy atom. The topological polar surface area (TPSA) is 73.4 Å². The van der Waals surface area contributed by atoms with Crippen LogP contribution in [-0.4, -0.2) is 49.1 Å². The van der Waals surface area contributed by atoms with Crippen molar-refractivity contribution in [3.8, 4) is 0 Å². The van der Waals surface area contributed by atoms with Gasteiger partial charge in [-0.3, -0.25) is 4.68 Å². The first-order valence-corrected chi connectivity index (χ1v) is 9.74. The first-order chi connectivity index (χ1) is 13.2. The van der Waals surface area contributed by atoms with Crippen molar-refractivity contribution in [2.75, 3.05) is 24.7 Å². The zero-order valence-electron chi connectivity index (χ0n) is 16.6. The fraction of sp³-hybridized carbons (Fsp3) is 0.579. The van der Waals surface area contributed by atoms with Gasteiger partial charge < -0.3 is 9.64 Å². The number of fused-ring (bicyclic) bond motifs is 2. The van der Waals surface area contributed by atoms with Crippen LogP contribution < -0.4 is 4.90 Å². The van der Waals surface area contributed by atoms with Crippen molar-refractivity contribution in [1.82, 2.24) is 29.4 Å². The molecule has 1 saturated heterocycles. The molecule has 3 aromatic rings. The van der Waals surface area contributed by atoms with Crippen molar-refractivity contribution >= 4 is 23.7 Å². The monoisotopic (exact) mass is 403 g/mol. The van der Waals surface area contributed by atoms with Crippen molar-refractivity contribution in [1.29, 1.82) is 0 Å². The van der Waals surface area contributed by atoms with Crippen LogP contribution in [0.15, 0.2) is 6.33 Å². The number of anilines is 1. The van der Waals surface area contributed by atoms with E-state index in [1.54, 1.807) is 6.33 Å². The van der Waals surface area contributed by atoms with Crippen LogP contribution >= 0.6 is 12.4 Å². The summed E-state index contributed by atoms with van der Waals surface area (Å²) in [5, 5.41) is 9.19. The van der Waals surface area contributed by atoms with Gasteiger partial charge in [-0.25, -0.2) is 14.5 Å². The normalized spacial score (nSPS) is 19.1. The van der Waals surface area contributed by atoms with Gasteiger partial charge in [-0.2, -0.15) is 10.2 Å². The quantitative estimate of drug-likeness (QED) is 0.667. The number of aromatic nitrogens is 6. The molecule has 1 atom stereocenters. The van der Waals surface area contributed by atoms with E-state index in [2.05, 4.69) is 16.9 Å². The van der Waals surface area contributed by atoms with Crippen molar-refractivity contribution in [3.63, 3.8) is 0 Å².